The first-order valence-electron chi connectivity index (χ1n) is 20.4. The van der Waals surface area contributed by atoms with E-state index in [-0.39, 0.29) is 0 Å². The minimum atomic E-state index is -3.42. The van der Waals surface area contributed by atoms with E-state index in [4.69, 9.17) is 9.47 Å². The summed E-state index contributed by atoms with van der Waals surface area (Å²) in [6, 6.07) is 39.5. The molecule has 15 heteroatoms. The second-order valence-electron chi connectivity index (χ2n) is 15.6. The van der Waals surface area contributed by atoms with Crippen LogP contribution in [0.4, 0.5) is 23.2 Å². The summed E-state index contributed by atoms with van der Waals surface area (Å²) in [6.45, 7) is 2.01. The highest BCUT2D eigenvalue weighted by atomic mass is 32.2. The van der Waals surface area contributed by atoms with Gasteiger partial charge in [0, 0.05) is 30.5 Å². The number of halogens is 4. The van der Waals surface area contributed by atoms with Crippen LogP contribution in [0.15, 0.2) is 133 Å². The predicted molar refractivity (Wildman–Crippen MR) is 249 cm³/mol. The van der Waals surface area contributed by atoms with Crippen LogP contribution in [0.3, 0.4) is 0 Å². The number of rotatable bonds is 11. The fourth-order valence-electron chi connectivity index (χ4n) is 6.57. The number of aromatic amines is 2. The minimum absolute atomic E-state index is 0.342. The van der Waals surface area contributed by atoms with Gasteiger partial charge < -0.3 is 24.5 Å². The summed E-state index contributed by atoms with van der Waals surface area (Å²) in [5.41, 5.74) is 9.33. The quantitative estimate of drug-likeness (QED) is 0.0748. The number of aromatic nitrogens is 4. The van der Waals surface area contributed by atoms with Gasteiger partial charge in [0.05, 0.1) is 40.1 Å². The molecular formula is C51H43F4N5O5S. The van der Waals surface area contributed by atoms with E-state index in [0.29, 0.717) is 45.5 Å². The molecule has 2 aromatic heterocycles. The maximum atomic E-state index is 12.9. The molecule has 8 rings (SSSR count). The average Bonchev–Trinajstić information content (AvgIpc) is 3.89. The van der Waals surface area contributed by atoms with Gasteiger partial charge in [-0.2, -0.15) is 0 Å². The van der Waals surface area contributed by atoms with Gasteiger partial charge in [0.25, 0.3) is 11.8 Å². The Kier molecular flexibility index (Phi) is 13.8. The van der Waals surface area contributed by atoms with Crippen molar-refractivity contribution in [2.24, 2.45) is 0 Å². The summed E-state index contributed by atoms with van der Waals surface area (Å²) in [7, 11) is -3.42. The molecule has 336 valence electrons. The molecule has 0 fully saturated rings. The van der Waals surface area contributed by atoms with Crippen LogP contribution in [0.1, 0.15) is 55.2 Å². The Bertz CT molecular complexity index is 3230. The molecule has 0 aliphatic carbocycles. The molecule has 0 spiro atoms. The number of anilines is 1. The zero-order valence-corrected chi connectivity index (χ0v) is 36.9. The minimum Gasteiger partial charge on any atom is -0.487 e. The fraction of sp³-hybridized carbons (Fsp3) is 0.176. The monoisotopic (exact) mass is 913 g/mol. The normalized spacial score (nSPS) is 12.0. The first kappa shape index (κ1) is 46.4. The molecule has 0 aliphatic rings. The van der Waals surface area contributed by atoms with Crippen LogP contribution in [0, 0.1) is 23.7 Å². The van der Waals surface area contributed by atoms with Crippen molar-refractivity contribution >= 4 is 37.8 Å². The van der Waals surface area contributed by atoms with E-state index in [1.54, 1.807) is 67.6 Å². The van der Waals surface area contributed by atoms with Crippen molar-refractivity contribution < 1.29 is 40.6 Å². The summed E-state index contributed by atoms with van der Waals surface area (Å²) < 4.78 is 87.7. The molecule has 8 aromatic rings. The van der Waals surface area contributed by atoms with E-state index in [1.807, 2.05) is 72.8 Å². The average molecular weight is 914 g/mol. The van der Waals surface area contributed by atoms with Crippen molar-refractivity contribution in [2.75, 3.05) is 24.2 Å². The van der Waals surface area contributed by atoms with Gasteiger partial charge in [0.15, 0.2) is 24.9 Å². The molecule has 0 saturated heterocycles. The molecule has 6 aromatic carbocycles. The molecule has 0 saturated carbocycles. The number of nitrogens with one attached hydrogen (secondary N) is 3. The molecule has 10 nitrogen and oxygen atoms in total. The lowest BCUT2D eigenvalue weighted by molar-refractivity contribution is -0.0233. The van der Waals surface area contributed by atoms with Crippen LogP contribution in [0.2, 0.25) is 0 Å². The summed E-state index contributed by atoms with van der Waals surface area (Å²) in [6.07, 6.45) is 0.539. The number of ether oxygens (including phenoxy) is 2. The Balaban J connectivity index is 0.000000197. The zero-order chi connectivity index (χ0) is 47.1. The number of sulfonamides is 1. The number of para-hydroxylation sites is 1. The fourth-order valence-corrected chi connectivity index (χ4v) is 7.15. The van der Waals surface area contributed by atoms with Gasteiger partial charge in [0.1, 0.15) is 11.5 Å². The Labute approximate surface area is 379 Å². The first-order chi connectivity index (χ1) is 31.3. The third kappa shape index (κ3) is 13.0. The van der Waals surface area contributed by atoms with Gasteiger partial charge in [-0.1, -0.05) is 66.4 Å². The van der Waals surface area contributed by atoms with Crippen molar-refractivity contribution in [1.82, 2.24) is 19.9 Å². The second kappa shape index (κ2) is 19.7. The van der Waals surface area contributed by atoms with Crippen LogP contribution in [0.5, 0.6) is 11.5 Å². The van der Waals surface area contributed by atoms with E-state index >= 15 is 0 Å². The maximum Gasteiger partial charge on any atom is 0.278 e. The molecule has 66 heavy (non-hydrogen) atoms. The second-order valence-corrected chi connectivity index (χ2v) is 17.3. The maximum absolute atomic E-state index is 12.9. The summed E-state index contributed by atoms with van der Waals surface area (Å²) in [5, 5.41) is 10.1. The largest absolute Gasteiger partial charge is 0.487 e. The molecule has 0 radical (unpaired) electrons. The molecule has 4 N–H and O–H groups in total. The summed E-state index contributed by atoms with van der Waals surface area (Å²) in [4.78, 5) is 15.4. The van der Waals surface area contributed by atoms with Gasteiger partial charge in [-0.25, -0.2) is 35.9 Å². The first-order valence-corrected chi connectivity index (χ1v) is 22.3. The lowest BCUT2D eigenvalue weighted by Crippen LogP contribution is -2.20. The predicted octanol–water partition coefficient (Wildman–Crippen LogP) is 10.8. The Morgan fingerprint density at radius 3 is 1.53 bits per heavy atom. The third-order valence-corrected chi connectivity index (χ3v) is 10.2. The standard InChI is InChI=1S/C26H22F2N2O2.C25H21F2N3O3S/c1-17(31)21-5-3-4-6-22(21)19-10-13-23-24(15-19)30-25(29-23)14-9-18-7-11-20(12-8-18)32-16-26(2,27)28;1-25(26,27)16-33-19-11-7-17(8-12-19)9-14-24-28-22-13-10-18(15-23(22)29-24)20-5-3-4-6-21(20)30-34(2,31)32/h3-8,10-13,15,17,31H,16H2,1-2H3,(H,29,30);3-8,10-13,15,30H,16H2,1-2H3,(H,28,29). The molecule has 0 amide bonds. The van der Waals surface area contributed by atoms with E-state index in [1.165, 1.54) is 0 Å². The third-order valence-electron chi connectivity index (χ3n) is 9.56. The van der Waals surface area contributed by atoms with Crippen molar-refractivity contribution in [1.29, 1.82) is 0 Å². The summed E-state index contributed by atoms with van der Waals surface area (Å²) in [5.74, 6) is 7.86. The van der Waals surface area contributed by atoms with Gasteiger partial charge in [-0.3, -0.25) is 4.72 Å². The lowest BCUT2D eigenvalue weighted by Gasteiger charge is -2.11. The number of alkyl halides is 4. The van der Waals surface area contributed by atoms with Gasteiger partial charge in [-0.05, 0) is 120 Å². The van der Waals surface area contributed by atoms with E-state index in [9.17, 15) is 31.1 Å². The van der Waals surface area contributed by atoms with Crippen molar-refractivity contribution in [3.8, 4) is 57.4 Å². The SMILES string of the molecule is CC(F)(F)COc1ccc(C#Cc2nc3ccc(-c4ccccc4NS(C)(=O)=O)cc3[nH]2)cc1.CC(O)c1ccccc1-c1ccc2nc(C#Cc3ccc(OCC(C)(F)F)cc3)[nH]c2c1. The molecule has 0 bridgehead atoms. The molecule has 0 aliphatic heterocycles. The lowest BCUT2D eigenvalue weighted by atomic mass is 9.96. The van der Waals surface area contributed by atoms with Crippen LogP contribution >= 0.6 is 0 Å². The number of hydrogen-bond donors (Lipinski definition) is 4. The molecule has 2 heterocycles. The summed E-state index contributed by atoms with van der Waals surface area (Å²) >= 11 is 0. The highest BCUT2D eigenvalue weighted by molar-refractivity contribution is 7.92. The Morgan fingerprint density at radius 2 is 1.08 bits per heavy atom. The van der Waals surface area contributed by atoms with E-state index in [2.05, 4.69) is 48.3 Å². The van der Waals surface area contributed by atoms with Crippen LogP contribution in [0.25, 0.3) is 44.3 Å². The zero-order valence-electron chi connectivity index (χ0n) is 36.1. The molecule has 1 atom stereocenters. The Hall–Kier alpha value is -7.59. The molecular weight excluding hydrogens is 871 g/mol. The Morgan fingerprint density at radius 1 is 0.636 bits per heavy atom. The number of aliphatic hydroxyl groups is 1. The number of nitrogens with zero attached hydrogens (tertiary/aromatic N) is 2. The van der Waals surface area contributed by atoms with Crippen LogP contribution in [-0.4, -0.2) is 64.8 Å². The number of imidazole rings is 2. The number of H-pyrrole nitrogens is 2. The number of aliphatic hydroxyl groups excluding tert-OH is 1. The van der Waals surface area contributed by atoms with Crippen LogP contribution in [-0.2, 0) is 10.0 Å². The van der Waals surface area contributed by atoms with Crippen molar-refractivity contribution in [2.45, 2.75) is 38.7 Å². The van der Waals surface area contributed by atoms with E-state index in [0.717, 1.165) is 64.5 Å². The van der Waals surface area contributed by atoms with Gasteiger partial charge in [0.2, 0.25) is 10.0 Å². The van der Waals surface area contributed by atoms with Crippen LogP contribution < -0.4 is 14.2 Å². The van der Waals surface area contributed by atoms with Crippen molar-refractivity contribution in [3.63, 3.8) is 0 Å². The van der Waals surface area contributed by atoms with Gasteiger partial charge in [-0.15, -0.1) is 0 Å². The molecule has 1 unspecified atom stereocenters. The van der Waals surface area contributed by atoms with Crippen molar-refractivity contribution in [3.05, 3.63) is 162 Å². The number of fused-ring (bicyclic) bond motifs is 2. The highest BCUT2D eigenvalue weighted by Gasteiger charge is 2.23. The van der Waals surface area contributed by atoms with E-state index < -0.39 is 41.2 Å². The highest BCUT2D eigenvalue weighted by Crippen LogP contribution is 2.32. The topological polar surface area (TPSA) is 142 Å². The number of benzene rings is 6. The van der Waals surface area contributed by atoms with Gasteiger partial charge >= 0.3 is 0 Å². The number of hydrogen-bond acceptors (Lipinski definition) is 7. The smallest absolute Gasteiger partial charge is 0.278 e.